The average Bonchev–Trinajstić information content (AvgIpc) is 2.74. The molecule has 7 nitrogen and oxygen atoms in total. The summed E-state index contributed by atoms with van der Waals surface area (Å²) in [5.74, 6) is -0.566. The SMILES string of the molecule is Cc1ccc(S(=O)(=O)N(C)Cc2ccc(C(=O)N3CCC(C(N)=O)CC3)cc2)cc1. The van der Waals surface area contributed by atoms with Gasteiger partial charge in [0.15, 0.2) is 0 Å². The van der Waals surface area contributed by atoms with Crippen LogP contribution in [0.15, 0.2) is 53.4 Å². The lowest BCUT2D eigenvalue weighted by molar-refractivity contribution is -0.123. The van der Waals surface area contributed by atoms with Crippen molar-refractivity contribution in [1.82, 2.24) is 9.21 Å². The molecule has 0 aromatic heterocycles. The molecule has 1 aliphatic rings. The Balaban J connectivity index is 1.63. The van der Waals surface area contributed by atoms with Crippen LogP contribution in [-0.2, 0) is 21.4 Å². The van der Waals surface area contributed by atoms with Gasteiger partial charge in [-0.15, -0.1) is 0 Å². The van der Waals surface area contributed by atoms with Crippen LogP contribution >= 0.6 is 0 Å². The summed E-state index contributed by atoms with van der Waals surface area (Å²) in [6, 6.07) is 13.7. The molecule has 2 aromatic rings. The Morgan fingerprint density at radius 1 is 1.03 bits per heavy atom. The van der Waals surface area contributed by atoms with E-state index in [4.69, 9.17) is 5.73 Å². The van der Waals surface area contributed by atoms with E-state index in [9.17, 15) is 18.0 Å². The molecule has 0 bridgehead atoms. The lowest BCUT2D eigenvalue weighted by Crippen LogP contribution is -2.41. The van der Waals surface area contributed by atoms with Crippen molar-refractivity contribution in [2.45, 2.75) is 31.2 Å². The number of aryl methyl sites for hydroxylation is 1. The number of nitrogens with zero attached hydrogens (tertiary/aromatic N) is 2. The highest BCUT2D eigenvalue weighted by atomic mass is 32.2. The smallest absolute Gasteiger partial charge is 0.253 e. The number of likely N-dealkylation sites (tertiary alicyclic amines) is 1. The fourth-order valence-electron chi connectivity index (χ4n) is 3.53. The number of sulfonamides is 1. The van der Waals surface area contributed by atoms with Gasteiger partial charge in [-0.25, -0.2) is 8.42 Å². The minimum absolute atomic E-state index is 0.0925. The number of piperidine rings is 1. The van der Waals surface area contributed by atoms with E-state index in [2.05, 4.69) is 0 Å². The normalized spacial score (nSPS) is 15.4. The molecule has 8 heteroatoms. The standard InChI is InChI=1S/C22H27N3O4S/c1-16-3-9-20(10-4-16)30(28,29)24(2)15-17-5-7-19(8-6-17)22(27)25-13-11-18(12-14-25)21(23)26/h3-10,18H,11-15H2,1-2H3,(H2,23,26). The molecule has 0 unspecified atom stereocenters. The zero-order valence-electron chi connectivity index (χ0n) is 17.2. The Morgan fingerprint density at radius 2 is 1.60 bits per heavy atom. The first kappa shape index (κ1) is 22.0. The molecule has 0 aliphatic carbocycles. The Hall–Kier alpha value is -2.71. The van der Waals surface area contributed by atoms with Crippen molar-refractivity contribution in [2.75, 3.05) is 20.1 Å². The van der Waals surface area contributed by atoms with Crippen molar-refractivity contribution >= 4 is 21.8 Å². The molecule has 2 N–H and O–H groups in total. The van der Waals surface area contributed by atoms with Crippen molar-refractivity contribution in [1.29, 1.82) is 0 Å². The largest absolute Gasteiger partial charge is 0.369 e. The van der Waals surface area contributed by atoms with Crippen LogP contribution in [-0.4, -0.2) is 49.6 Å². The molecule has 1 fully saturated rings. The second-order valence-electron chi connectivity index (χ2n) is 7.74. The van der Waals surface area contributed by atoms with Crippen LogP contribution in [0.25, 0.3) is 0 Å². The first-order valence-electron chi connectivity index (χ1n) is 9.89. The monoisotopic (exact) mass is 429 g/mol. The number of primary amides is 1. The van der Waals surface area contributed by atoms with Gasteiger partial charge in [0.1, 0.15) is 0 Å². The number of hydrogen-bond acceptors (Lipinski definition) is 4. The number of carbonyl (C=O) groups excluding carboxylic acids is 2. The van der Waals surface area contributed by atoms with Crippen molar-refractivity contribution in [2.24, 2.45) is 11.7 Å². The van der Waals surface area contributed by atoms with Gasteiger partial charge in [-0.1, -0.05) is 29.8 Å². The van der Waals surface area contributed by atoms with E-state index in [1.807, 2.05) is 6.92 Å². The molecule has 0 atom stereocenters. The molecule has 1 saturated heterocycles. The number of hydrogen-bond donors (Lipinski definition) is 1. The molecule has 3 rings (SSSR count). The van der Waals surface area contributed by atoms with Gasteiger partial charge in [-0.05, 0) is 49.6 Å². The second kappa shape index (κ2) is 8.97. The summed E-state index contributed by atoms with van der Waals surface area (Å²) in [5, 5.41) is 0. The first-order valence-corrected chi connectivity index (χ1v) is 11.3. The molecule has 1 heterocycles. The Morgan fingerprint density at radius 3 is 2.13 bits per heavy atom. The van der Waals surface area contributed by atoms with Crippen molar-refractivity contribution in [3.8, 4) is 0 Å². The molecule has 2 amide bonds. The van der Waals surface area contributed by atoms with Gasteiger partial charge in [0.05, 0.1) is 4.90 Å². The molecule has 1 aliphatic heterocycles. The summed E-state index contributed by atoms with van der Waals surface area (Å²) in [5.41, 5.74) is 7.67. The van der Waals surface area contributed by atoms with E-state index in [0.29, 0.717) is 31.5 Å². The van der Waals surface area contributed by atoms with E-state index >= 15 is 0 Å². The van der Waals surface area contributed by atoms with Crippen LogP contribution < -0.4 is 5.73 Å². The number of amides is 2. The van der Waals surface area contributed by atoms with E-state index in [1.54, 1.807) is 53.4 Å². The highest BCUT2D eigenvalue weighted by Crippen LogP contribution is 2.20. The van der Waals surface area contributed by atoms with Gasteiger partial charge in [0.2, 0.25) is 15.9 Å². The van der Waals surface area contributed by atoms with E-state index in [0.717, 1.165) is 11.1 Å². The fraction of sp³-hybridized carbons (Fsp3) is 0.364. The Labute approximate surface area is 177 Å². The average molecular weight is 430 g/mol. The van der Waals surface area contributed by atoms with E-state index in [-0.39, 0.29) is 29.2 Å². The summed E-state index contributed by atoms with van der Waals surface area (Å²) in [6.07, 6.45) is 1.17. The molecule has 0 saturated carbocycles. The minimum atomic E-state index is -3.59. The summed E-state index contributed by atoms with van der Waals surface area (Å²) in [4.78, 5) is 25.9. The summed E-state index contributed by atoms with van der Waals surface area (Å²) < 4.78 is 26.8. The van der Waals surface area contributed by atoms with Crippen LogP contribution in [0.2, 0.25) is 0 Å². The summed E-state index contributed by atoms with van der Waals surface area (Å²) >= 11 is 0. The Bertz CT molecular complexity index is 1010. The topological polar surface area (TPSA) is 101 Å². The molecular weight excluding hydrogens is 402 g/mol. The van der Waals surface area contributed by atoms with Gasteiger partial charge >= 0.3 is 0 Å². The zero-order chi connectivity index (χ0) is 21.9. The van der Waals surface area contributed by atoms with Crippen LogP contribution in [0.5, 0.6) is 0 Å². The lowest BCUT2D eigenvalue weighted by Gasteiger charge is -2.30. The number of nitrogens with two attached hydrogens (primary N) is 1. The zero-order valence-corrected chi connectivity index (χ0v) is 18.1. The number of carbonyl (C=O) groups is 2. The summed E-state index contributed by atoms with van der Waals surface area (Å²) in [7, 11) is -2.05. The van der Waals surface area contributed by atoms with Crippen LogP contribution in [0, 0.1) is 12.8 Å². The molecule has 2 aromatic carbocycles. The van der Waals surface area contributed by atoms with Crippen molar-refractivity contribution in [3.05, 3.63) is 65.2 Å². The summed E-state index contributed by atoms with van der Waals surface area (Å²) in [6.45, 7) is 3.12. The highest BCUT2D eigenvalue weighted by molar-refractivity contribution is 7.89. The van der Waals surface area contributed by atoms with Gasteiger partial charge in [0, 0.05) is 38.2 Å². The molecular formula is C22H27N3O4S. The maximum Gasteiger partial charge on any atom is 0.253 e. The molecule has 160 valence electrons. The second-order valence-corrected chi connectivity index (χ2v) is 9.78. The van der Waals surface area contributed by atoms with Crippen molar-refractivity contribution in [3.63, 3.8) is 0 Å². The minimum Gasteiger partial charge on any atom is -0.369 e. The third-order valence-corrected chi connectivity index (χ3v) is 7.34. The first-order chi connectivity index (χ1) is 14.2. The highest BCUT2D eigenvalue weighted by Gasteiger charge is 2.26. The maximum absolute atomic E-state index is 12.7. The van der Waals surface area contributed by atoms with Crippen LogP contribution in [0.1, 0.15) is 34.3 Å². The lowest BCUT2D eigenvalue weighted by atomic mass is 9.96. The Kier molecular flexibility index (Phi) is 6.58. The van der Waals surface area contributed by atoms with Crippen molar-refractivity contribution < 1.29 is 18.0 Å². The predicted octanol–water partition coefficient (Wildman–Crippen LogP) is 2.15. The predicted molar refractivity (Wildman–Crippen MR) is 114 cm³/mol. The van der Waals surface area contributed by atoms with E-state index < -0.39 is 10.0 Å². The molecule has 30 heavy (non-hydrogen) atoms. The number of rotatable bonds is 6. The van der Waals surface area contributed by atoms with Crippen LogP contribution in [0.4, 0.5) is 0 Å². The quantitative estimate of drug-likeness (QED) is 0.760. The third-order valence-electron chi connectivity index (χ3n) is 5.52. The van der Waals surface area contributed by atoms with Crippen LogP contribution in [0.3, 0.4) is 0 Å². The van der Waals surface area contributed by atoms with Gasteiger partial charge in [-0.2, -0.15) is 4.31 Å². The van der Waals surface area contributed by atoms with Gasteiger partial charge in [-0.3, -0.25) is 9.59 Å². The fourth-order valence-corrected chi connectivity index (χ4v) is 4.69. The molecule has 0 spiro atoms. The number of benzene rings is 2. The van der Waals surface area contributed by atoms with E-state index in [1.165, 1.54) is 11.4 Å². The molecule has 0 radical (unpaired) electrons. The van der Waals surface area contributed by atoms with Gasteiger partial charge < -0.3 is 10.6 Å². The maximum atomic E-state index is 12.7. The third kappa shape index (κ3) is 4.88. The van der Waals surface area contributed by atoms with Gasteiger partial charge in [0.25, 0.3) is 5.91 Å².